The van der Waals surface area contributed by atoms with E-state index in [4.69, 9.17) is 5.73 Å². The Morgan fingerprint density at radius 2 is 2.14 bits per heavy atom. The number of aryl methyl sites for hydroxylation is 2. The fourth-order valence-corrected chi connectivity index (χ4v) is 1.54. The van der Waals surface area contributed by atoms with Crippen LogP contribution in [0.3, 0.4) is 0 Å². The van der Waals surface area contributed by atoms with Crippen molar-refractivity contribution in [3.05, 3.63) is 17.2 Å². The van der Waals surface area contributed by atoms with Gasteiger partial charge in [-0.05, 0) is 32.2 Å². The molecule has 0 spiro atoms. The number of aromatic amines is 1. The van der Waals surface area contributed by atoms with Crippen LogP contribution in [0.15, 0.2) is 0 Å². The summed E-state index contributed by atoms with van der Waals surface area (Å²) in [5, 5.41) is 0. The first-order chi connectivity index (χ1) is 6.63. The number of nitrogens with zero attached hydrogens (tertiary/aromatic N) is 1. The maximum atomic E-state index is 5.46. The molecule has 0 unspecified atom stereocenters. The van der Waals surface area contributed by atoms with Gasteiger partial charge in [0.2, 0.25) is 0 Å². The van der Waals surface area contributed by atoms with Gasteiger partial charge in [-0.15, -0.1) is 0 Å². The Kier molecular flexibility index (Phi) is 4.14. The zero-order chi connectivity index (χ0) is 10.6. The van der Waals surface area contributed by atoms with Crippen LogP contribution >= 0.6 is 0 Å². The quantitative estimate of drug-likeness (QED) is 0.753. The lowest BCUT2D eigenvalue weighted by atomic mass is 10.1. The molecule has 0 aliphatic heterocycles. The van der Waals surface area contributed by atoms with Gasteiger partial charge in [-0.2, -0.15) is 0 Å². The Balaban J connectivity index is 2.62. The molecule has 0 saturated carbocycles. The van der Waals surface area contributed by atoms with E-state index >= 15 is 0 Å². The molecule has 0 fully saturated rings. The molecule has 0 atom stereocenters. The zero-order valence-electron chi connectivity index (χ0n) is 9.43. The van der Waals surface area contributed by atoms with Crippen LogP contribution in [0.1, 0.15) is 37.5 Å². The van der Waals surface area contributed by atoms with Crippen LogP contribution in [-0.4, -0.2) is 16.5 Å². The highest BCUT2D eigenvalue weighted by atomic mass is 14.9. The van der Waals surface area contributed by atoms with Gasteiger partial charge >= 0.3 is 0 Å². The minimum absolute atomic E-state index is 0.666. The van der Waals surface area contributed by atoms with Crippen LogP contribution in [0.4, 0.5) is 0 Å². The summed E-state index contributed by atoms with van der Waals surface area (Å²) in [7, 11) is 0. The van der Waals surface area contributed by atoms with Crippen LogP contribution in [0.5, 0.6) is 0 Å². The Morgan fingerprint density at radius 3 is 2.71 bits per heavy atom. The van der Waals surface area contributed by atoms with Gasteiger partial charge in [0.25, 0.3) is 0 Å². The second-order valence-electron chi connectivity index (χ2n) is 4.25. The highest BCUT2D eigenvalue weighted by Crippen LogP contribution is 2.11. The maximum Gasteiger partial charge on any atom is 0.106 e. The standard InChI is InChI=1S/C11H21N3/c1-8(2)7-10-9(3)13-11(14-10)5-4-6-12/h8H,4-7,12H2,1-3H3,(H,13,14). The van der Waals surface area contributed by atoms with E-state index in [0.717, 1.165) is 31.6 Å². The summed E-state index contributed by atoms with van der Waals surface area (Å²) in [6, 6.07) is 0. The van der Waals surface area contributed by atoms with Gasteiger partial charge in [-0.25, -0.2) is 4.98 Å². The van der Waals surface area contributed by atoms with Crippen molar-refractivity contribution in [1.29, 1.82) is 0 Å². The maximum absolute atomic E-state index is 5.46. The number of hydrogen-bond acceptors (Lipinski definition) is 2. The average Bonchev–Trinajstić information content (AvgIpc) is 2.43. The summed E-state index contributed by atoms with van der Waals surface area (Å²) in [5.41, 5.74) is 7.89. The van der Waals surface area contributed by atoms with Crippen LogP contribution in [0, 0.1) is 12.8 Å². The minimum Gasteiger partial charge on any atom is -0.346 e. The fourth-order valence-electron chi connectivity index (χ4n) is 1.54. The van der Waals surface area contributed by atoms with Gasteiger partial charge in [-0.3, -0.25) is 0 Å². The molecule has 1 heterocycles. The topological polar surface area (TPSA) is 54.7 Å². The van der Waals surface area contributed by atoms with Crippen molar-refractivity contribution in [2.75, 3.05) is 6.54 Å². The number of aromatic nitrogens is 2. The van der Waals surface area contributed by atoms with Crippen LogP contribution in [-0.2, 0) is 12.8 Å². The van der Waals surface area contributed by atoms with Crippen LogP contribution < -0.4 is 5.73 Å². The second kappa shape index (κ2) is 5.15. The first-order valence-corrected chi connectivity index (χ1v) is 5.38. The van der Waals surface area contributed by atoms with Gasteiger partial charge in [-0.1, -0.05) is 13.8 Å². The predicted octanol–water partition coefficient (Wildman–Crippen LogP) is 1.81. The largest absolute Gasteiger partial charge is 0.346 e. The number of hydrogen-bond donors (Lipinski definition) is 2. The van der Waals surface area contributed by atoms with E-state index in [9.17, 15) is 0 Å². The third-order valence-electron chi connectivity index (χ3n) is 2.25. The molecule has 0 aromatic carbocycles. The molecule has 1 aromatic heterocycles. The molecule has 1 rings (SSSR count). The molecule has 0 saturated heterocycles. The SMILES string of the molecule is Cc1[nH]c(CCCN)nc1CC(C)C. The molecule has 3 nitrogen and oxygen atoms in total. The number of rotatable bonds is 5. The van der Waals surface area contributed by atoms with E-state index in [1.165, 1.54) is 11.4 Å². The Hall–Kier alpha value is -0.830. The lowest BCUT2D eigenvalue weighted by Gasteiger charge is -2.00. The Morgan fingerprint density at radius 1 is 1.43 bits per heavy atom. The summed E-state index contributed by atoms with van der Waals surface area (Å²) < 4.78 is 0. The van der Waals surface area contributed by atoms with Gasteiger partial charge in [0, 0.05) is 12.1 Å². The molecular weight excluding hydrogens is 174 g/mol. The second-order valence-corrected chi connectivity index (χ2v) is 4.25. The van der Waals surface area contributed by atoms with Crippen molar-refractivity contribution < 1.29 is 0 Å². The van der Waals surface area contributed by atoms with E-state index < -0.39 is 0 Å². The summed E-state index contributed by atoms with van der Waals surface area (Å²) >= 11 is 0. The Labute approximate surface area is 86.1 Å². The molecule has 3 heteroatoms. The first-order valence-electron chi connectivity index (χ1n) is 5.38. The van der Waals surface area contributed by atoms with Crippen molar-refractivity contribution in [2.24, 2.45) is 11.7 Å². The van der Waals surface area contributed by atoms with E-state index in [-0.39, 0.29) is 0 Å². The van der Waals surface area contributed by atoms with Gasteiger partial charge in [0.05, 0.1) is 5.69 Å². The molecule has 0 amide bonds. The highest BCUT2D eigenvalue weighted by Gasteiger charge is 2.07. The van der Waals surface area contributed by atoms with E-state index in [0.29, 0.717) is 5.92 Å². The average molecular weight is 195 g/mol. The number of nitrogens with two attached hydrogens (primary N) is 1. The summed E-state index contributed by atoms with van der Waals surface area (Å²) in [5.74, 6) is 1.75. The summed E-state index contributed by atoms with van der Waals surface area (Å²) in [4.78, 5) is 7.89. The smallest absolute Gasteiger partial charge is 0.106 e. The van der Waals surface area contributed by atoms with Crippen molar-refractivity contribution in [1.82, 2.24) is 9.97 Å². The van der Waals surface area contributed by atoms with E-state index in [2.05, 4.69) is 30.7 Å². The molecule has 3 N–H and O–H groups in total. The Bertz CT molecular complexity index is 276. The summed E-state index contributed by atoms with van der Waals surface area (Å²) in [6.45, 7) is 7.26. The van der Waals surface area contributed by atoms with E-state index in [1.54, 1.807) is 0 Å². The molecule has 0 bridgehead atoms. The monoisotopic (exact) mass is 195 g/mol. The van der Waals surface area contributed by atoms with Gasteiger partial charge in [0.1, 0.15) is 5.82 Å². The third-order valence-corrected chi connectivity index (χ3v) is 2.25. The normalized spacial score (nSPS) is 11.2. The van der Waals surface area contributed by atoms with Crippen molar-refractivity contribution in [2.45, 2.75) is 40.0 Å². The van der Waals surface area contributed by atoms with Gasteiger partial charge in [0.15, 0.2) is 0 Å². The third kappa shape index (κ3) is 3.14. The van der Waals surface area contributed by atoms with Crippen molar-refractivity contribution in [3.63, 3.8) is 0 Å². The molecule has 14 heavy (non-hydrogen) atoms. The predicted molar refractivity (Wildman–Crippen MR) is 59.2 cm³/mol. The van der Waals surface area contributed by atoms with Crippen molar-refractivity contribution in [3.8, 4) is 0 Å². The number of imidazole rings is 1. The highest BCUT2D eigenvalue weighted by molar-refractivity contribution is 5.13. The summed E-state index contributed by atoms with van der Waals surface area (Å²) in [6.07, 6.45) is 3.04. The minimum atomic E-state index is 0.666. The molecule has 0 aliphatic carbocycles. The molecule has 0 aliphatic rings. The first kappa shape index (κ1) is 11.2. The number of nitrogens with one attached hydrogen (secondary N) is 1. The van der Waals surface area contributed by atoms with E-state index in [1.807, 2.05) is 0 Å². The molecule has 80 valence electrons. The van der Waals surface area contributed by atoms with Crippen LogP contribution in [0.2, 0.25) is 0 Å². The molecule has 1 aromatic rings. The molecular formula is C11H21N3. The zero-order valence-corrected chi connectivity index (χ0v) is 9.43. The number of H-pyrrole nitrogens is 1. The fraction of sp³-hybridized carbons (Fsp3) is 0.727. The molecule has 0 radical (unpaired) electrons. The van der Waals surface area contributed by atoms with Crippen molar-refractivity contribution >= 4 is 0 Å². The lowest BCUT2D eigenvalue weighted by Crippen LogP contribution is -2.01. The lowest BCUT2D eigenvalue weighted by molar-refractivity contribution is 0.633. The van der Waals surface area contributed by atoms with Crippen LogP contribution in [0.25, 0.3) is 0 Å². The van der Waals surface area contributed by atoms with Gasteiger partial charge < -0.3 is 10.7 Å².